The van der Waals surface area contributed by atoms with Crippen molar-refractivity contribution in [2.45, 2.75) is 59.3 Å². The van der Waals surface area contributed by atoms with E-state index in [1.807, 2.05) is 0 Å². The maximum atomic E-state index is 2.48. The fourth-order valence-electron chi connectivity index (χ4n) is 2.14. The molecule has 0 saturated heterocycles. The number of hydrogen-bond acceptors (Lipinski definition) is 0. The molecule has 0 heteroatoms. The maximum Gasteiger partial charge on any atom is -0.0297 e. The fourth-order valence-corrected chi connectivity index (χ4v) is 2.14. The summed E-state index contributed by atoms with van der Waals surface area (Å²) >= 11 is 0. The molecule has 1 rings (SSSR count). The zero-order chi connectivity index (χ0) is 8.32. The van der Waals surface area contributed by atoms with Gasteiger partial charge in [0, 0.05) is 0 Å². The highest BCUT2D eigenvalue weighted by Crippen LogP contribution is 2.54. The first-order valence-corrected chi connectivity index (χ1v) is 5.23. The number of hydrogen-bond donors (Lipinski definition) is 0. The first kappa shape index (κ1) is 9.09. The lowest BCUT2D eigenvalue weighted by Gasteiger charge is -2.22. The Hall–Kier alpha value is 0. The van der Waals surface area contributed by atoms with Gasteiger partial charge in [-0.1, -0.05) is 46.5 Å². The zero-order valence-electron chi connectivity index (χ0n) is 8.32. The summed E-state index contributed by atoms with van der Waals surface area (Å²) in [7, 11) is 0. The molecule has 66 valence electrons. The summed E-state index contributed by atoms with van der Waals surface area (Å²) in [5, 5.41) is 0. The Labute approximate surface area is 71.4 Å². The molecule has 0 radical (unpaired) electrons. The summed E-state index contributed by atoms with van der Waals surface area (Å²) in [6.07, 6.45) is 8.67. The van der Waals surface area contributed by atoms with Gasteiger partial charge in [-0.25, -0.2) is 0 Å². The molecule has 0 heterocycles. The molecule has 1 aliphatic carbocycles. The molecule has 0 amide bonds. The minimum Gasteiger partial charge on any atom is -0.0654 e. The van der Waals surface area contributed by atoms with Gasteiger partial charge in [-0.05, 0) is 24.2 Å². The van der Waals surface area contributed by atoms with Crippen LogP contribution < -0.4 is 0 Å². The predicted octanol–water partition coefficient (Wildman–Crippen LogP) is 4.00. The van der Waals surface area contributed by atoms with Crippen LogP contribution in [0.25, 0.3) is 0 Å². The number of rotatable bonds is 5. The van der Waals surface area contributed by atoms with Crippen molar-refractivity contribution in [1.82, 2.24) is 0 Å². The highest BCUT2D eigenvalue weighted by atomic mass is 14.5. The molecule has 1 aliphatic rings. The van der Waals surface area contributed by atoms with Gasteiger partial charge in [0.05, 0.1) is 0 Å². The first-order valence-electron chi connectivity index (χ1n) is 5.23. The van der Waals surface area contributed by atoms with Crippen LogP contribution in [0.1, 0.15) is 59.3 Å². The van der Waals surface area contributed by atoms with Crippen molar-refractivity contribution < 1.29 is 0 Å². The third-order valence-electron chi connectivity index (χ3n) is 3.30. The molecule has 0 bridgehead atoms. The molecule has 1 fully saturated rings. The van der Waals surface area contributed by atoms with Crippen molar-refractivity contribution in [1.29, 1.82) is 0 Å². The third kappa shape index (κ3) is 2.21. The lowest BCUT2D eigenvalue weighted by atomic mass is 9.84. The lowest BCUT2D eigenvalue weighted by molar-refractivity contribution is 0.289. The van der Waals surface area contributed by atoms with Crippen molar-refractivity contribution in [3.63, 3.8) is 0 Å². The smallest absolute Gasteiger partial charge is 0.0297 e. The van der Waals surface area contributed by atoms with Gasteiger partial charge in [-0.2, -0.15) is 0 Å². The standard InChI is InChI=1S/C11H22/c1-4-6-10(7-5-2)11(3)8-9-11/h10H,4-9H2,1-3H3. The van der Waals surface area contributed by atoms with Crippen LogP contribution in [-0.2, 0) is 0 Å². The Morgan fingerprint density at radius 1 is 1.09 bits per heavy atom. The van der Waals surface area contributed by atoms with E-state index in [1.165, 1.54) is 38.5 Å². The van der Waals surface area contributed by atoms with Crippen LogP contribution in [0.3, 0.4) is 0 Å². The Morgan fingerprint density at radius 2 is 1.55 bits per heavy atom. The Kier molecular flexibility index (Phi) is 2.98. The summed E-state index contributed by atoms with van der Waals surface area (Å²) in [6.45, 7) is 7.10. The normalized spacial score (nSPS) is 20.7. The molecule has 0 spiro atoms. The van der Waals surface area contributed by atoms with Gasteiger partial charge < -0.3 is 0 Å². The quantitative estimate of drug-likeness (QED) is 0.561. The Bertz CT molecular complexity index is 105. The van der Waals surface area contributed by atoms with Gasteiger partial charge in [-0.3, -0.25) is 0 Å². The molecule has 0 aromatic carbocycles. The molecule has 1 saturated carbocycles. The van der Waals surface area contributed by atoms with Gasteiger partial charge in [-0.15, -0.1) is 0 Å². The van der Waals surface area contributed by atoms with E-state index in [-0.39, 0.29) is 0 Å². The van der Waals surface area contributed by atoms with Gasteiger partial charge in [0.15, 0.2) is 0 Å². The fraction of sp³-hybridized carbons (Fsp3) is 1.00. The second-order valence-corrected chi connectivity index (χ2v) is 4.43. The summed E-state index contributed by atoms with van der Waals surface area (Å²) in [5.74, 6) is 1.04. The van der Waals surface area contributed by atoms with E-state index in [4.69, 9.17) is 0 Å². The van der Waals surface area contributed by atoms with Crippen molar-refractivity contribution >= 4 is 0 Å². The Balaban J connectivity index is 2.32. The topological polar surface area (TPSA) is 0 Å². The SMILES string of the molecule is CCCC(CCC)C1(C)CC1. The van der Waals surface area contributed by atoms with Gasteiger partial charge in [0.2, 0.25) is 0 Å². The van der Waals surface area contributed by atoms with E-state index in [2.05, 4.69) is 20.8 Å². The van der Waals surface area contributed by atoms with Crippen molar-refractivity contribution in [2.24, 2.45) is 11.3 Å². The summed E-state index contributed by atoms with van der Waals surface area (Å²) in [5.41, 5.74) is 0.770. The highest BCUT2D eigenvalue weighted by Gasteiger charge is 2.43. The minimum absolute atomic E-state index is 0.770. The molecule has 0 aromatic rings. The van der Waals surface area contributed by atoms with E-state index in [0.29, 0.717) is 0 Å². The molecular weight excluding hydrogens is 132 g/mol. The maximum absolute atomic E-state index is 2.48. The lowest BCUT2D eigenvalue weighted by Crippen LogP contribution is -2.11. The van der Waals surface area contributed by atoms with Crippen LogP contribution in [0, 0.1) is 11.3 Å². The van der Waals surface area contributed by atoms with Crippen molar-refractivity contribution in [3.05, 3.63) is 0 Å². The van der Waals surface area contributed by atoms with Crippen LogP contribution in [0.4, 0.5) is 0 Å². The third-order valence-corrected chi connectivity index (χ3v) is 3.30. The van der Waals surface area contributed by atoms with Crippen LogP contribution in [0.2, 0.25) is 0 Å². The molecule has 0 unspecified atom stereocenters. The van der Waals surface area contributed by atoms with E-state index in [0.717, 1.165) is 11.3 Å². The van der Waals surface area contributed by atoms with E-state index in [9.17, 15) is 0 Å². The summed E-state index contributed by atoms with van der Waals surface area (Å²) < 4.78 is 0. The van der Waals surface area contributed by atoms with Crippen molar-refractivity contribution in [3.8, 4) is 0 Å². The monoisotopic (exact) mass is 154 g/mol. The molecule has 0 aromatic heterocycles. The summed E-state index contributed by atoms with van der Waals surface area (Å²) in [4.78, 5) is 0. The summed E-state index contributed by atoms with van der Waals surface area (Å²) in [6, 6.07) is 0. The molecule has 11 heavy (non-hydrogen) atoms. The molecule has 0 atom stereocenters. The predicted molar refractivity (Wildman–Crippen MR) is 50.6 cm³/mol. The molecular formula is C11H22. The average Bonchev–Trinajstić information content (AvgIpc) is 2.69. The molecule has 0 aliphatic heterocycles. The largest absolute Gasteiger partial charge is 0.0654 e. The van der Waals surface area contributed by atoms with Crippen LogP contribution >= 0.6 is 0 Å². The van der Waals surface area contributed by atoms with E-state index in [1.54, 1.807) is 0 Å². The van der Waals surface area contributed by atoms with Gasteiger partial charge in [0.25, 0.3) is 0 Å². The van der Waals surface area contributed by atoms with Crippen LogP contribution in [0.5, 0.6) is 0 Å². The van der Waals surface area contributed by atoms with E-state index >= 15 is 0 Å². The second-order valence-electron chi connectivity index (χ2n) is 4.43. The highest BCUT2D eigenvalue weighted by molar-refractivity contribution is 4.93. The molecule has 0 N–H and O–H groups in total. The van der Waals surface area contributed by atoms with Gasteiger partial charge >= 0.3 is 0 Å². The zero-order valence-corrected chi connectivity index (χ0v) is 8.32. The average molecular weight is 154 g/mol. The van der Waals surface area contributed by atoms with Crippen molar-refractivity contribution in [2.75, 3.05) is 0 Å². The molecule has 0 nitrogen and oxygen atoms in total. The van der Waals surface area contributed by atoms with Crippen LogP contribution in [0.15, 0.2) is 0 Å². The van der Waals surface area contributed by atoms with Gasteiger partial charge in [0.1, 0.15) is 0 Å². The first-order chi connectivity index (χ1) is 5.23. The van der Waals surface area contributed by atoms with E-state index < -0.39 is 0 Å². The second kappa shape index (κ2) is 3.60. The van der Waals surface area contributed by atoms with Crippen LogP contribution in [-0.4, -0.2) is 0 Å². The Morgan fingerprint density at radius 3 is 1.82 bits per heavy atom. The minimum atomic E-state index is 0.770.